The largest absolute Gasteiger partial charge is 0.344 e. The maximum atomic E-state index is 11.1. The van der Waals surface area contributed by atoms with Gasteiger partial charge in [-0.3, -0.25) is 4.79 Å². The van der Waals surface area contributed by atoms with Crippen molar-refractivity contribution in [3.05, 3.63) is 54.3 Å². The molecule has 0 spiro atoms. The maximum absolute atomic E-state index is 11.1. The van der Waals surface area contributed by atoms with Gasteiger partial charge in [0.1, 0.15) is 0 Å². The van der Waals surface area contributed by atoms with Crippen molar-refractivity contribution in [2.45, 2.75) is 6.92 Å². The number of rotatable bonds is 2. The predicted octanol–water partition coefficient (Wildman–Crippen LogP) is 2.78. The van der Waals surface area contributed by atoms with Crippen LogP contribution in [0.3, 0.4) is 0 Å². The number of ketones is 1. The van der Waals surface area contributed by atoms with Crippen molar-refractivity contribution in [2.24, 2.45) is 0 Å². The molecule has 0 amide bonds. The molecule has 0 atom stereocenters. The Kier molecular flexibility index (Phi) is 2.68. The Hall–Kier alpha value is -1.83. The van der Waals surface area contributed by atoms with Gasteiger partial charge < -0.3 is 4.90 Å². The summed E-state index contributed by atoms with van der Waals surface area (Å²) in [5.41, 5.74) is 1.87. The number of hydrogen-bond acceptors (Lipinski definition) is 2. The minimum Gasteiger partial charge on any atom is -0.344 e. The van der Waals surface area contributed by atoms with Gasteiger partial charge in [-0.1, -0.05) is 12.2 Å². The molecule has 0 bridgehead atoms. The Balaban J connectivity index is 2.20. The number of benzene rings is 1. The lowest BCUT2D eigenvalue weighted by atomic mass is 10.1. The third-order valence-corrected chi connectivity index (χ3v) is 2.42. The van der Waals surface area contributed by atoms with Crippen LogP contribution in [0.2, 0.25) is 0 Å². The van der Waals surface area contributed by atoms with E-state index in [2.05, 4.69) is 11.0 Å². The maximum Gasteiger partial charge on any atom is 0.159 e. The lowest BCUT2D eigenvalue weighted by molar-refractivity contribution is 0.101. The van der Waals surface area contributed by atoms with Crippen LogP contribution in [-0.2, 0) is 0 Å². The van der Waals surface area contributed by atoms with Gasteiger partial charge in [0, 0.05) is 24.0 Å². The van der Waals surface area contributed by atoms with E-state index in [1.54, 1.807) is 6.92 Å². The zero-order valence-electron chi connectivity index (χ0n) is 8.68. The van der Waals surface area contributed by atoms with Crippen LogP contribution >= 0.6 is 0 Å². The zero-order valence-corrected chi connectivity index (χ0v) is 8.68. The minimum atomic E-state index is 0.107. The van der Waals surface area contributed by atoms with Gasteiger partial charge in [0.05, 0.1) is 0 Å². The molecule has 2 nitrogen and oxygen atoms in total. The first-order valence-corrected chi connectivity index (χ1v) is 4.98. The third kappa shape index (κ3) is 2.15. The molecule has 0 N–H and O–H groups in total. The van der Waals surface area contributed by atoms with Crippen LogP contribution in [0.4, 0.5) is 5.69 Å². The molecule has 0 aliphatic carbocycles. The van der Waals surface area contributed by atoms with E-state index < -0.39 is 0 Å². The van der Waals surface area contributed by atoms with Gasteiger partial charge in [-0.15, -0.1) is 0 Å². The molecule has 0 radical (unpaired) electrons. The third-order valence-electron chi connectivity index (χ3n) is 2.42. The van der Waals surface area contributed by atoms with Gasteiger partial charge in [0.15, 0.2) is 5.78 Å². The Morgan fingerprint density at radius 1 is 1.20 bits per heavy atom. The van der Waals surface area contributed by atoms with E-state index in [1.165, 1.54) is 0 Å². The molecule has 1 aromatic rings. The molecule has 2 heteroatoms. The highest BCUT2D eigenvalue weighted by molar-refractivity contribution is 5.94. The smallest absolute Gasteiger partial charge is 0.159 e. The van der Waals surface area contributed by atoms with Crippen LogP contribution in [0.15, 0.2) is 48.7 Å². The average molecular weight is 199 g/mol. The second kappa shape index (κ2) is 4.13. The Bertz CT molecular complexity index is 415. The second-order valence-corrected chi connectivity index (χ2v) is 3.53. The lowest BCUT2D eigenvalue weighted by Gasteiger charge is -2.20. The topological polar surface area (TPSA) is 20.3 Å². The summed E-state index contributed by atoms with van der Waals surface area (Å²) < 4.78 is 0. The zero-order chi connectivity index (χ0) is 10.7. The van der Waals surface area contributed by atoms with Crippen molar-refractivity contribution >= 4 is 11.5 Å². The van der Waals surface area contributed by atoms with E-state index in [0.717, 1.165) is 17.8 Å². The molecule has 1 aliphatic rings. The summed E-state index contributed by atoms with van der Waals surface area (Å²) in [5.74, 6) is 0.107. The summed E-state index contributed by atoms with van der Waals surface area (Å²) in [6.45, 7) is 2.47. The first-order chi connectivity index (χ1) is 7.27. The van der Waals surface area contributed by atoms with E-state index in [4.69, 9.17) is 0 Å². The first kappa shape index (κ1) is 9.71. The number of hydrogen-bond donors (Lipinski definition) is 0. The number of carbonyl (C=O) groups excluding carboxylic acids is 1. The number of carbonyl (C=O) groups is 1. The molecular weight excluding hydrogens is 186 g/mol. The van der Waals surface area contributed by atoms with Crippen LogP contribution in [0.25, 0.3) is 0 Å². The second-order valence-electron chi connectivity index (χ2n) is 3.53. The van der Waals surface area contributed by atoms with Gasteiger partial charge in [-0.2, -0.15) is 0 Å². The Labute approximate surface area is 89.5 Å². The van der Waals surface area contributed by atoms with Crippen LogP contribution in [0, 0.1) is 0 Å². The van der Waals surface area contributed by atoms with E-state index in [9.17, 15) is 4.79 Å². The number of nitrogens with zero attached hydrogens (tertiary/aromatic N) is 1. The highest BCUT2D eigenvalue weighted by atomic mass is 16.1. The van der Waals surface area contributed by atoms with Gasteiger partial charge in [-0.05, 0) is 37.3 Å². The van der Waals surface area contributed by atoms with Gasteiger partial charge >= 0.3 is 0 Å². The summed E-state index contributed by atoms with van der Waals surface area (Å²) in [5, 5.41) is 0. The molecule has 0 saturated heterocycles. The number of Topliss-reactive ketones (excluding diaryl/α,β-unsaturated/α-hetero) is 1. The van der Waals surface area contributed by atoms with Crippen molar-refractivity contribution in [3.63, 3.8) is 0 Å². The number of anilines is 1. The fourth-order valence-corrected chi connectivity index (χ4v) is 1.55. The summed E-state index contributed by atoms with van der Waals surface area (Å²) >= 11 is 0. The molecule has 15 heavy (non-hydrogen) atoms. The summed E-state index contributed by atoms with van der Waals surface area (Å²) in [6, 6.07) is 7.67. The average Bonchev–Trinajstić information content (AvgIpc) is 2.30. The number of allylic oxidation sites excluding steroid dienone is 2. The van der Waals surface area contributed by atoms with Crippen LogP contribution < -0.4 is 4.90 Å². The lowest BCUT2D eigenvalue weighted by Crippen LogP contribution is -2.17. The van der Waals surface area contributed by atoms with E-state index in [-0.39, 0.29) is 5.78 Å². The quantitative estimate of drug-likeness (QED) is 0.682. The van der Waals surface area contributed by atoms with E-state index in [1.807, 2.05) is 42.6 Å². The summed E-state index contributed by atoms with van der Waals surface area (Å²) in [6.07, 6.45) is 8.16. The van der Waals surface area contributed by atoms with E-state index in [0.29, 0.717) is 0 Å². The summed E-state index contributed by atoms with van der Waals surface area (Å²) in [4.78, 5) is 13.2. The van der Waals surface area contributed by atoms with Crippen LogP contribution in [0.1, 0.15) is 17.3 Å². The van der Waals surface area contributed by atoms with Crippen molar-refractivity contribution < 1.29 is 4.79 Å². The normalized spacial score (nSPS) is 14.3. The van der Waals surface area contributed by atoms with E-state index >= 15 is 0 Å². The van der Waals surface area contributed by atoms with Gasteiger partial charge in [0.2, 0.25) is 0 Å². The molecule has 0 unspecified atom stereocenters. The molecule has 2 rings (SSSR count). The minimum absolute atomic E-state index is 0.107. The molecule has 1 heterocycles. The molecular formula is C13H13NO. The predicted molar refractivity (Wildman–Crippen MR) is 62.1 cm³/mol. The highest BCUT2D eigenvalue weighted by Crippen LogP contribution is 2.17. The first-order valence-electron chi connectivity index (χ1n) is 4.98. The fourth-order valence-electron chi connectivity index (χ4n) is 1.55. The Morgan fingerprint density at radius 3 is 2.47 bits per heavy atom. The van der Waals surface area contributed by atoms with Gasteiger partial charge in [0.25, 0.3) is 0 Å². The standard InChI is InChI=1S/C13H13NO/c1-11(15)12-5-7-13(8-6-12)14-9-3-2-4-10-14/h2-9H,10H2,1H3. The molecule has 0 saturated carbocycles. The van der Waals surface area contributed by atoms with Crippen molar-refractivity contribution in [2.75, 3.05) is 11.4 Å². The Morgan fingerprint density at radius 2 is 1.93 bits per heavy atom. The fraction of sp³-hybridized carbons (Fsp3) is 0.154. The van der Waals surface area contributed by atoms with Crippen molar-refractivity contribution in [1.82, 2.24) is 0 Å². The SMILES string of the molecule is CC(=O)c1ccc(N2C=CC=CC2)cc1. The molecule has 1 aliphatic heterocycles. The van der Waals surface area contributed by atoms with Gasteiger partial charge in [-0.25, -0.2) is 0 Å². The monoisotopic (exact) mass is 199 g/mol. The molecule has 0 aromatic heterocycles. The van der Waals surface area contributed by atoms with Crippen molar-refractivity contribution in [3.8, 4) is 0 Å². The van der Waals surface area contributed by atoms with Crippen LogP contribution in [0.5, 0.6) is 0 Å². The van der Waals surface area contributed by atoms with Crippen molar-refractivity contribution in [1.29, 1.82) is 0 Å². The molecule has 0 fully saturated rings. The summed E-state index contributed by atoms with van der Waals surface area (Å²) in [7, 11) is 0. The molecule has 76 valence electrons. The molecule has 1 aromatic carbocycles. The highest BCUT2D eigenvalue weighted by Gasteiger charge is 2.04. The van der Waals surface area contributed by atoms with Crippen LogP contribution in [-0.4, -0.2) is 12.3 Å².